The number of fused-ring (bicyclic) bond motifs is 7. The average Bonchev–Trinajstić information content (AvgIpc) is 3.04. The van der Waals surface area contributed by atoms with E-state index in [4.69, 9.17) is 11.6 Å². The predicted molar refractivity (Wildman–Crippen MR) is 122 cm³/mol. The van der Waals surface area contributed by atoms with Crippen LogP contribution in [0.15, 0.2) is 41.2 Å². The summed E-state index contributed by atoms with van der Waals surface area (Å²) in [5.41, 5.74) is 4.07. The van der Waals surface area contributed by atoms with Crippen LogP contribution in [-0.4, -0.2) is 15.3 Å². The third-order valence-corrected chi connectivity index (χ3v) is 8.09. The molecule has 3 aliphatic rings. The number of Topliss-reactive ketones (excluding diaryl/α,β-unsaturated/α-hetero) is 1. The van der Waals surface area contributed by atoms with Gasteiger partial charge in [0.15, 0.2) is 0 Å². The van der Waals surface area contributed by atoms with Crippen molar-refractivity contribution in [2.24, 2.45) is 0 Å². The fraction of sp³-hybridized carbons (Fsp3) is 0.423. The molecule has 6 rings (SSSR count). The van der Waals surface area contributed by atoms with Crippen LogP contribution in [-0.2, 0) is 10.2 Å². The third kappa shape index (κ3) is 2.77. The molecule has 0 radical (unpaired) electrons. The second-order valence-electron chi connectivity index (χ2n) is 9.44. The maximum atomic E-state index is 13.0. The van der Waals surface area contributed by atoms with E-state index in [0.717, 1.165) is 55.6 Å². The van der Waals surface area contributed by atoms with E-state index in [1.54, 1.807) is 0 Å². The number of rotatable bonds is 1. The monoisotopic (exact) mass is 432 g/mol. The molecule has 2 saturated carbocycles. The van der Waals surface area contributed by atoms with Gasteiger partial charge in [-0.2, -0.15) is 4.98 Å². The van der Waals surface area contributed by atoms with Gasteiger partial charge in [0.2, 0.25) is 0 Å². The third-order valence-electron chi connectivity index (χ3n) is 7.79. The molecule has 158 valence electrons. The van der Waals surface area contributed by atoms with Crippen molar-refractivity contribution in [3.63, 3.8) is 0 Å². The summed E-state index contributed by atoms with van der Waals surface area (Å²) in [5, 5.41) is 1.16. The first-order chi connectivity index (χ1) is 15.1. The van der Waals surface area contributed by atoms with Crippen LogP contribution in [0.4, 0.5) is 0 Å². The molecule has 0 N–H and O–H groups in total. The zero-order valence-electron chi connectivity index (χ0n) is 17.5. The highest BCUT2D eigenvalue weighted by Gasteiger charge is 2.46. The lowest BCUT2D eigenvalue weighted by Crippen LogP contribution is -2.32. The first-order valence-corrected chi connectivity index (χ1v) is 11.8. The van der Waals surface area contributed by atoms with Crippen molar-refractivity contribution < 1.29 is 4.79 Å². The first kappa shape index (κ1) is 19.2. The van der Waals surface area contributed by atoms with Crippen molar-refractivity contribution in [3.05, 3.63) is 68.7 Å². The number of benzene rings is 2. The maximum absolute atomic E-state index is 13.0. The molecule has 4 nitrogen and oxygen atoms in total. The van der Waals surface area contributed by atoms with Crippen LogP contribution < -0.4 is 5.56 Å². The zero-order chi connectivity index (χ0) is 21.2. The number of para-hydroxylation sites is 1. The van der Waals surface area contributed by atoms with Crippen molar-refractivity contribution in [2.75, 3.05) is 0 Å². The number of halogens is 1. The first-order valence-electron chi connectivity index (χ1n) is 11.5. The minimum Gasteiger partial charge on any atom is -0.300 e. The number of aromatic nitrogens is 2. The lowest BCUT2D eigenvalue weighted by atomic mass is 9.69. The van der Waals surface area contributed by atoms with Crippen LogP contribution in [0.1, 0.15) is 80.7 Å². The summed E-state index contributed by atoms with van der Waals surface area (Å²) in [6, 6.07) is 12.3. The highest BCUT2D eigenvalue weighted by atomic mass is 35.5. The number of nitrogens with zero attached hydrogens (tertiary/aromatic N) is 2. The molecule has 2 fully saturated rings. The Morgan fingerprint density at radius 2 is 1.77 bits per heavy atom. The second kappa shape index (κ2) is 7.03. The van der Waals surface area contributed by atoms with E-state index in [-0.39, 0.29) is 11.0 Å². The Kier molecular flexibility index (Phi) is 4.36. The van der Waals surface area contributed by atoms with Gasteiger partial charge in [-0.3, -0.25) is 14.2 Å². The molecule has 0 atom stereocenters. The highest BCUT2D eigenvalue weighted by molar-refractivity contribution is 6.35. The van der Waals surface area contributed by atoms with Gasteiger partial charge in [0.05, 0.1) is 27.0 Å². The minimum absolute atomic E-state index is 0.187. The summed E-state index contributed by atoms with van der Waals surface area (Å²) in [5.74, 6) is 1.65. The summed E-state index contributed by atoms with van der Waals surface area (Å²) in [4.78, 5) is 29.4. The summed E-state index contributed by atoms with van der Waals surface area (Å²) < 4.78 is 2.18. The van der Waals surface area contributed by atoms with Gasteiger partial charge in [0.1, 0.15) is 11.6 Å². The molecule has 0 saturated heterocycles. The molecular weight excluding hydrogens is 408 g/mol. The number of carbonyl (C=O) groups excluding carboxylic acids is 1. The Morgan fingerprint density at radius 3 is 2.55 bits per heavy atom. The molecule has 2 aliphatic carbocycles. The second-order valence-corrected chi connectivity index (χ2v) is 9.85. The standard InChI is InChI=1S/C26H25ClN2O2/c27-21-6-4-5-19-23(21)29-22-15-17(16-7-10-18(30)11-8-16)9-12-20(22)26(13-2-1-3-14-26)25(29)28-24(19)31/h4-6,9,12,15-16H,1-3,7-8,10-11,13-14H2. The summed E-state index contributed by atoms with van der Waals surface area (Å²) >= 11 is 6.69. The molecule has 1 aromatic heterocycles. The Bertz CT molecular complexity index is 1280. The van der Waals surface area contributed by atoms with E-state index >= 15 is 0 Å². The normalized spacial score (nSPS) is 20.2. The smallest absolute Gasteiger partial charge is 0.280 e. The van der Waals surface area contributed by atoms with Gasteiger partial charge < -0.3 is 0 Å². The Balaban J connectivity index is 1.63. The molecule has 5 heteroatoms. The van der Waals surface area contributed by atoms with E-state index in [1.807, 2.05) is 18.2 Å². The van der Waals surface area contributed by atoms with Crippen LogP contribution in [0.5, 0.6) is 0 Å². The van der Waals surface area contributed by atoms with Crippen LogP contribution >= 0.6 is 11.6 Å². The van der Waals surface area contributed by atoms with Gasteiger partial charge >= 0.3 is 0 Å². The molecule has 0 bridgehead atoms. The predicted octanol–water partition coefficient (Wildman–Crippen LogP) is 5.83. The van der Waals surface area contributed by atoms with Gasteiger partial charge in [-0.25, -0.2) is 0 Å². The van der Waals surface area contributed by atoms with E-state index < -0.39 is 0 Å². The van der Waals surface area contributed by atoms with Gasteiger partial charge in [-0.15, -0.1) is 0 Å². The molecule has 0 unspecified atom stereocenters. The van der Waals surface area contributed by atoms with Gasteiger partial charge in [-0.1, -0.05) is 49.1 Å². The fourth-order valence-corrected chi connectivity index (χ4v) is 6.48. The number of hydrogen-bond donors (Lipinski definition) is 0. The lowest BCUT2D eigenvalue weighted by Gasteiger charge is -2.33. The molecule has 1 aliphatic heterocycles. The van der Waals surface area contributed by atoms with Crippen molar-refractivity contribution in [1.82, 2.24) is 9.55 Å². The van der Waals surface area contributed by atoms with E-state index in [0.29, 0.717) is 35.0 Å². The molecule has 0 amide bonds. The minimum atomic E-state index is -0.207. The van der Waals surface area contributed by atoms with E-state index in [9.17, 15) is 9.59 Å². The SMILES string of the molecule is O=C1CCC(c2ccc3c(c2)-n2c(nc(=O)c4cccc(Cl)c42)C32CCCCC2)CC1. The summed E-state index contributed by atoms with van der Waals surface area (Å²) in [6.07, 6.45) is 8.71. The van der Waals surface area contributed by atoms with Crippen molar-refractivity contribution in [3.8, 4) is 5.69 Å². The number of ketones is 1. The number of hydrogen-bond acceptors (Lipinski definition) is 3. The Morgan fingerprint density at radius 1 is 1.00 bits per heavy atom. The summed E-state index contributed by atoms with van der Waals surface area (Å²) in [7, 11) is 0. The van der Waals surface area contributed by atoms with Crippen molar-refractivity contribution in [2.45, 2.75) is 69.1 Å². The van der Waals surface area contributed by atoms with Crippen LogP contribution in [0, 0.1) is 0 Å². The summed E-state index contributed by atoms with van der Waals surface area (Å²) in [6.45, 7) is 0. The average molecular weight is 433 g/mol. The van der Waals surface area contributed by atoms with Crippen molar-refractivity contribution >= 4 is 28.3 Å². The Hall–Kier alpha value is -2.46. The van der Waals surface area contributed by atoms with Gasteiger partial charge in [0, 0.05) is 12.8 Å². The quantitative estimate of drug-likeness (QED) is 0.486. The topological polar surface area (TPSA) is 52.0 Å². The van der Waals surface area contributed by atoms with E-state index in [2.05, 4.69) is 27.8 Å². The highest BCUT2D eigenvalue weighted by Crippen LogP contribution is 2.52. The molecule has 31 heavy (non-hydrogen) atoms. The zero-order valence-corrected chi connectivity index (χ0v) is 18.3. The lowest BCUT2D eigenvalue weighted by molar-refractivity contribution is -0.120. The molecule has 3 aromatic rings. The van der Waals surface area contributed by atoms with Crippen molar-refractivity contribution in [1.29, 1.82) is 0 Å². The van der Waals surface area contributed by atoms with Gasteiger partial charge in [0.25, 0.3) is 5.56 Å². The van der Waals surface area contributed by atoms with Crippen LogP contribution in [0.3, 0.4) is 0 Å². The Labute approximate surface area is 186 Å². The van der Waals surface area contributed by atoms with Crippen LogP contribution in [0.2, 0.25) is 5.02 Å². The number of carbonyl (C=O) groups is 1. The van der Waals surface area contributed by atoms with Crippen LogP contribution in [0.25, 0.3) is 16.6 Å². The van der Waals surface area contributed by atoms with E-state index in [1.165, 1.54) is 17.5 Å². The molecule has 1 spiro atoms. The largest absolute Gasteiger partial charge is 0.300 e. The fourth-order valence-electron chi connectivity index (χ4n) is 6.22. The van der Waals surface area contributed by atoms with Gasteiger partial charge in [-0.05, 0) is 60.9 Å². The molecule has 2 aromatic carbocycles. The maximum Gasteiger partial charge on any atom is 0.280 e. The molecular formula is C26H25ClN2O2. The molecule has 2 heterocycles.